The van der Waals surface area contributed by atoms with E-state index in [4.69, 9.17) is 5.73 Å². The molecule has 6 rings (SSSR count). The molecule has 0 aliphatic heterocycles. The van der Waals surface area contributed by atoms with E-state index in [9.17, 15) is 4.39 Å². The molecule has 0 fully saturated rings. The fourth-order valence-electron chi connectivity index (χ4n) is 5.38. The second-order valence-electron chi connectivity index (χ2n) is 10.3. The molecule has 2 aromatic heterocycles. The molecule has 3 nitrogen and oxygen atoms in total. The van der Waals surface area contributed by atoms with Gasteiger partial charge in [0.1, 0.15) is 5.82 Å². The maximum atomic E-state index is 14.1. The molecule has 1 atom stereocenters. The van der Waals surface area contributed by atoms with E-state index < -0.39 is 0 Å². The number of hydrogen-bond donors (Lipinski definition) is 3. The van der Waals surface area contributed by atoms with E-state index in [1.807, 2.05) is 17.8 Å². The van der Waals surface area contributed by atoms with Crippen LogP contribution in [0, 0.1) is 19.7 Å². The van der Waals surface area contributed by atoms with Crippen LogP contribution in [-0.2, 0) is 6.42 Å². The molecule has 4 aromatic carbocycles. The van der Waals surface area contributed by atoms with Gasteiger partial charge in [-0.25, -0.2) is 4.39 Å². The van der Waals surface area contributed by atoms with Gasteiger partial charge < -0.3 is 15.7 Å². The number of nitrogens with two attached hydrogens (primary N) is 1. The summed E-state index contributed by atoms with van der Waals surface area (Å²) in [6.07, 6.45) is 3.96. The van der Waals surface area contributed by atoms with Gasteiger partial charge in [-0.3, -0.25) is 0 Å². The molecule has 0 radical (unpaired) electrons. The Kier molecular flexibility index (Phi) is 7.74. The summed E-state index contributed by atoms with van der Waals surface area (Å²) in [5, 5.41) is 2.18. The van der Waals surface area contributed by atoms with E-state index >= 15 is 0 Å². The summed E-state index contributed by atoms with van der Waals surface area (Å²) in [7, 11) is 0. The molecular weight excluding hydrogens is 534 g/mol. The minimum absolute atomic E-state index is 0.216. The Bertz CT molecular complexity index is 1800. The average Bonchev–Trinajstić information content (AvgIpc) is 3.49. The molecule has 2 heterocycles. The minimum atomic E-state index is -0.216. The number of aryl methyl sites for hydroxylation is 3. The second-order valence-corrected chi connectivity index (χ2v) is 12.4. The van der Waals surface area contributed by atoms with Crippen molar-refractivity contribution in [1.82, 2.24) is 9.97 Å². The standard InChI is InChI=1S/C34H32FN3S2/c1-21-11-15-29-27(17-21)33(20-37-29)39-32-10-6-4-8-26(32)24(19-36)13-12-23-7-3-5-9-31(23)40-34-22(2)38-30-16-14-25(35)18-28(30)34/h3-11,14-18,20,24,37-38H,12-13,19,36H2,1-2H3. The van der Waals surface area contributed by atoms with Crippen molar-refractivity contribution in [1.29, 1.82) is 0 Å². The monoisotopic (exact) mass is 565 g/mol. The lowest BCUT2D eigenvalue weighted by molar-refractivity contribution is 0.621. The Morgan fingerprint density at radius 3 is 2.42 bits per heavy atom. The van der Waals surface area contributed by atoms with Gasteiger partial charge in [0.05, 0.1) is 0 Å². The summed E-state index contributed by atoms with van der Waals surface area (Å²) < 4.78 is 14.1. The van der Waals surface area contributed by atoms with Crippen LogP contribution in [-0.4, -0.2) is 16.5 Å². The maximum absolute atomic E-state index is 14.1. The lowest BCUT2D eigenvalue weighted by atomic mass is 9.92. The molecule has 0 spiro atoms. The highest BCUT2D eigenvalue weighted by molar-refractivity contribution is 8.00. The molecule has 6 aromatic rings. The smallest absolute Gasteiger partial charge is 0.123 e. The molecule has 0 bridgehead atoms. The van der Waals surface area contributed by atoms with Gasteiger partial charge in [-0.1, -0.05) is 71.6 Å². The highest BCUT2D eigenvalue weighted by Gasteiger charge is 2.18. The van der Waals surface area contributed by atoms with Gasteiger partial charge >= 0.3 is 0 Å². The van der Waals surface area contributed by atoms with Crippen molar-refractivity contribution >= 4 is 45.3 Å². The zero-order valence-electron chi connectivity index (χ0n) is 22.6. The quantitative estimate of drug-likeness (QED) is 0.164. The Morgan fingerprint density at radius 2 is 1.57 bits per heavy atom. The fourth-order valence-corrected chi connectivity index (χ4v) is 7.66. The minimum Gasteiger partial charge on any atom is -0.360 e. The number of rotatable bonds is 9. The van der Waals surface area contributed by atoms with Crippen LogP contribution < -0.4 is 5.73 Å². The molecule has 0 saturated carbocycles. The highest BCUT2D eigenvalue weighted by atomic mass is 32.2. The zero-order chi connectivity index (χ0) is 27.6. The number of halogens is 1. The predicted octanol–water partition coefficient (Wildman–Crippen LogP) is 9.38. The molecular formula is C34H32FN3S2. The second kappa shape index (κ2) is 11.6. The molecule has 0 aliphatic rings. The molecule has 0 aliphatic carbocycles. The third-order valence-corrected chi connectivity index (χ3v) is 10.00. The van der Waals surface area contributed by atoms with Crippen molar-refractivity contribution in [2.45, 2.75) is 52.2 Å². The Balaban J connectivity index is 1.24. The molecule has 0 saturated heterocycles. The highest BCUT2D eigenvalue weighted by Crippen LogP contribution is 2.41. The van der Waals surface area contributed by atoms with Gasteiger partial charge in [0.2, 0.25) is 0 Å². The van der Waals surface area contributed by atoms with E-state index in [-0.39, 0.29) is 11.7 Å². The molecule has 202 valence electrons. The average molecular weight is 566 g/mol. The third-order valence-electron chi connectivity index (χ3n) is 7.50. The van der Waals surface area contributed by atoms with Crippen molar-refractivity contribution in [2.24, 2.45) is 5.73 Å². The SMILES string of the molecule is Cc1ccc2[nH]cc(Sc3ccccc3C(CN)CCc3ccccc3Sc3c(C)[nH]c4ccc(F)cc34)c2c1. The van der Waals surface area contributed by atoms with Crippen LogP contribution in [0.5, 0.6) is 0 Å². The molecule has 40 heavy (non-hydrogen) atoms. The van der Waals surface area contributed by atoms with Gasteiger partial charge in [0, 0.05) is 53.3 Å². The Morgan fingerprint density at radius 1 is 0.800 bits per heavy atom. The van der Waals surface area contributed by atoms with Crippen molar-refractivity contribution in [3.8, 4) is 0 Å². The normalized spacial score (nSPS) is 12.4. The number of aromatic amines is 2. The van der Waals surface area contributed by atoms with Crippen molar-refractivity contribution in [2.75, 3.05) is 6.54 Å². The van der Waals surface area contributed by atoms with Crippen molar-refractivity contribution < 1.29 is 4.39 Å². The van der Waals surface area contributed by atoms with Crippen LogP contribution in [0.1, 0.15) is 34.7 Å². The summed E-state index contributed by atoms with van der Waals surface area (Å²) >= 11 is 3.52. The molecule has 1 unspecified atom stereocenters. The van der Waals surface area contributed by atoms with Gasteiger partial charge in [0.15, 0.2) is 0 Å². The molecule has 4 N–H and O–H groups in total. The summed E-state index contributed by atoms with van der Waals surface area (Å²) in [5.41, 5.74) is 13.4. The first-order valence-electron chi connectivity index (χ1n) is 13.6. The first-order chi connectivity index (χ1) is 19.5. The van der Waals surface area contributed by atoms with E-state index in [0.29, 0.717) is 6.54 Å². The van der Waals surface area contributed by atoms with Gasteiger partial charge in [-0.05, 0) is 92.7 Å². The van der Waals surface area contributed by atoms with Crippen LogP contribution in [0.3, 0.4) is 0 Å². The summed E-state index contributed by atoms with van der Waals surface area (Å²) in [4.78, 5) is 11.6. The first-order valence-corrected chi connectivity index (χ1v) is 15.2. The van der Waals surface area contributed by atoms with Crippen LogP contribution in [0.2, 0.25) is 0 Å². The molecule has 6 heteroatoms. The lowest BCUT2D eigenvalue weighted by Crippen LogP contribution is -2.14. The lowest BCUT2D eigenvalue weighted by Gasteiger charge is -2.19. The number of nitrogens with one attached hydrogen (secondary N) is 2. The summed E-state index contributed by atoms with van der Waals surface area (Å²) in [6, 6.07) is 28.7. The van der Waals surface area contributed by atoms with Crippen LogP contribution in [0.25, 0.3) is 21.8 Å². The van der Waals surface area contributed by atoms with Crippen molar-refractivity contribution in [3.63, 3.8) is 0 Å². The van der Waals surface area contributed by atoms with E-state index in [2.05, 4.69) is 96.7 Å². The van der Waals surface area contributed by atoms with Crippen molar-refractivity contribution in [3.05, 3.63) is 119 Å². The first kappa shape index (κ1) is 26.8. The Hall–Kier alpha value is -3.45. The topological polar surface area (TPSA) is 57.6 Å². The van der Waals surface area contributed by atoms with Crippen LogP contribution >= 0.6 is 23.5 Å². The third kappa shape index (κ3) is 5.44. The van der Waals surface area contributed by atoms with Gasteiger partial charge in [-0.2, -0.15) is 0 Å². The predicted molar refractivity (Wildman–Crippen MR) is 167 cm³/mol. The fraction of sp³-hybridized carbons (Fsp3) is 0.176. The zero-order valence-corrected chi connectivity index (χ0v) is 24.3. The van der Waals surface area contributed by atoms with E-state index in [1.54, 1.807) is 17.8 Å². The molecule has 0 amide bonds. The van der Waals surface area contributed by atoms with Gasteiger partial charge in [0.25, 0.3) is 0 Å². The Labute approximate surface area is 242 Å². The number of hydrogen-bond acceptors (Lipinski definition) is 3. The number of H-pyrrole nitrogens is 2. The number of aromatic nitrogens is 2. The summed E-state index contributed by atoms with van der Waals surface area (Å²) in [5.74, 6) is 0.0179. The number of fused-ring (bicyclic) bond motifs is 2. The van der Waals surface area contributed by atoms with Crippen LogP contribution in [0.15, 0.2) is 111 Å². The van der Waals surface area contributed by atoms with Gasteiger partial charge in [-0.15, -0.1) is 0 Å². The number of benzene rings is 4. The maximum Gasteiger partial charge on any atom is 0.123 e. The largest absolute Gasteiger partial charge is 0.360 e. The summed E-state index contributed by atoms with van der Waals surface area (Å²) in [6.45, 7) is 4.77. The van der Waals surface area contributed by atoms with E-state index in [0.717, 1.165) is 39.9 Å². The van der Waals surface area contributed by atoms with Crippen LogP contribution in [0.4, 0.5) is 4.39 Å². The van der Waals surface area contributed by atoms with E-state index in [1.165, 1.54) is 42.8 Å².